The highest BCUT2D eigenvalue weighted by molar-refractivity contribution is 9.10. The van der Waals surface area contributed by atoms with E-state index in [4.69, 9.17) is 9.47 Å². The zero-order chi connectivity index (χ0) is 20.9. The van der Waals surface area contributed by atoms with Gasteiger partial charge in [0.2, 0.25) is 0 Å². The SMILES string of the molecule is O=C(OCc1ccc(Br)cc1C1CCCC1)OCc1ccc(Br)cc1C1CCCC1. The van der Waals surface area contributed by atoms with Crippen molar-refractivity contribution in [3.8, 4) is 0 Å². The van der Waals surface area contributed by atoms with Crippen LogP contribution in [0.25, 0.3) is 0 Å². The van der Waals surface area contributed by atoms with Crippen molar-refractivity contribution in [3.05, 3.63) is 67.6 Å². The van der Waals surface area contributed by atoms with Crippen LogP contribution in [-0.2, 0) is 22.7 Å². The summed E-state index contributed by atoms with van der Waals surface area (Å²) in [6.07, 6.45) is 9.33. The highest BCUT2D eigenvalue weighted by atomic mass is 79.9. The van der Waals surface area contributed by atoms with Gasteiger partial charge in [0.1, 0.15) is 13.2 Å². The number of rotatable bonds is 6. The van der Waals surface area contributed by atoms with Crippen molar-refractivity contribution in [2.75, 3.05) is 0 Å². The molecule has 2 aliphatic carbocycles. The summed E-state index contributed by atoms with van der Waals surface area (Å²) in [4.78, 5) is 12.3. The molecule has 0 bridgehead atoms. The molecule has 0 radical (unpaired) electrons. The minimum absolute atomic E-state index is 0.258. The van der Waals surface area contributed by atoms with Crippen molar-refractivity contribution in [2.24, 2.45) is 0 Å². The first-order valence-corrected chi connectivity index (χ1v) is 12.5. The van der Waals surface area contributed by atoms with Gasteiger partial charge < -0.3 is 9.47 Å². The average Bonchev–Trinajstić information content (AvgIpc) is 3.46. The Balaban J connectivity index is 1.36. The molecule has 2 aromatic carbocycles. The van der Waals surface area contributed by atoms with Crippen LogP contribution in [0.15, 0.2) is 45.3 Å². The lowest BCUT2D eigenvalue weighted by Crippen LogP contribution is -2.10. The van der Waals surface area contributed by atoms with Gasteiger partial charge >= 0.3 is 6.16 Å². The highest BCUT2D eigenvalue weighted by Gasteiger charge is 2.22. The third kappa shape index (κ3) is 5.47. The van der Waals surface area contributed by atoms with Crippen LogP contribution in [0.3, 0.4) is 0 Å². The maximum Gasteiger partial charge on any atom is 0.508 e. The monoisotopic (exact) mass is 534 g/mol. The van der Waals surface area contributed by atoms with E-state index in [0.29, 0.717) is 11.8 Å². The molecule has 0 atom stereocenters. The second kappa shape index (κ2) is 10.3. The van der Waals surface area contributed by atoms with Gasteiger partial charge in [0.25, 0.3) is 0 Å². The molecule has 0 heterocycles. The van der Waals surface area contributed by atoms with E-state index in [1.54, 1.807) is 0 Å². The Morgan fingerprint density at radius 2 is 1.13 bits per heavy atom. The Labute approximate surface area is 195 Å². The molecule has 160 valence electrons. The molecule has 30 heavy (non-hydrogen) atoms. The summed E-state index contributed by atoms with van der Waals surface area (Å²) < 4.78 is 13.1. The van der Waals surface area contributed by atoms with Crippen LogP contribution in [0.5, 0.6) is 0 Å². The summed E-state index contributed by atoms with van der Waals surface area (Å²) in [5, 5.41) is 0. The second-order valence-corrected chi connectivity index (χ2v) is 10.3. The average molecular weight is 536 g/mol. The van der Waals surface area contributed by atoms with E-state index in [-0.39, 0.29) is 13.2 Å². The lowest BCUT2D eigenvalue weighted by molar-refractivity contribution is 0.0442. The number of hydrogen-bond donors (Lipinski definition) is 0. The molecule has 2 aliphatic rings. The number of carbonyl (C=O) groups excluding carboxylic acids is 1. The second-order valence-electron chi connectivity index (χ2n) is 8.48. The Morgan fingerprint density at radius 3 is 1.53 bits per heavy atom. The molecule has 2 saturated carbocycles. The molecule has 5 heteroatoms. The predicted molar refractivity (Wildman–Crippen MR) is 126 cm³/mol. The molecule has 0 unspecified atom stereocenters. The van der Waals surface area contributed by atoms with Gasteiger partial charge in [-0.15, -0.1) is 0 Å². The molecule has 0 aromatic heterocycles. The number of hydrogen-bond acceptors (Lipinski definition) is 3. The number of carbonyl (C=O) groups is 1. The fourth-order valence-electron chi connectivity index (χ4n) is 4.94. The van der Waals surface area contributed by atoms with E-state index in [1.807, 2.05) is 12.1 Å². The first kappa shape index (κ1) is 21.9. The lowest BCUT2D eigenvalue weighted by atomic mass is 9.93. The molecule has 2 aromatic rings. The summed E-state index contributed by atoms with van der Waals surface area (Å²) in [6, 6.07) is 12.5. The van der Waals surface area contributed by atoms with Gasteiger partial charge in [-0.25, -0.2) is 4.79 Å². The van der Waals surface area contributed by atoms with Crippen molar-refractivity contribution in [1.82, 2.24) is 0 Å². The van der Waals surface area contributed by atoms with Gasteiger partial charge in [0, 0.05) is 8.95 Å². The van der Waals surface area contributed by atoms with Crippen molar-refractivity contribution >= 4 is 38.0 Å². The quantitative estimate of drug-likeness (QED) is 0.348. The highest BCUT2D eigenvalue weighted by Crippen LogP contribution is 2.38. The first-order valence-electron chi connectivity index (χ1n) is 11.0. The van der Waals surface area contributed by atoms with Crippen LogP contribution in [0, 0.1) is 0 Å². The molecule has 0 N–H and O–H groups in total. The normalized spacial score (nSPS) is 17.4. The summed E-state index contributed by atoms with van der Waals surface area (Å²) >= 11 is 7.16. The molecule has 0 saturated heterocycles. The Kier molecular flexibility index (Phi) is 7.53. The molecule has 4 rings (SSSR count). The number of ether oxygens (including phenoxy) is 2. The molecule has 2 fully saturated rings. The topological polar surface area (TPSA) is 35.5 Å². The van der Waals surface area contributed by atoms with Crippen LogP contribution in [0.4, 0.5) is 4.79 Å². The standard InChI is InChI=1S/C25H28Br2O3/c26-21-11-9-19(23(13-21)17-5-1-2-6-17)15-29-25(28)30-16-20-10-12-22(27)14-24(20)18-7-3-4-8-18/h9-14,17-18H,1-8,15-16H2. The summed E-state index contributed by atoms with van der Waals surface area (Å²) in [5.74, 6) is 1.13. The van der Waals surface area contributed by atoms with E-state index in [2.05, 4.69) is 56.1 Å². The van der Waals surface area contributed by atoms with Gasteiger partial charge in [-0.1, -0.05) is 69.7 Å². The van der Waals surface area contributed by atoms with Crippen molar-refractivity contribution < 1.29 is 14.3 Å². The number of benzene rings is 2. The summed E-state index contributed by atoms with van der Waals surface area (Å²) in [5.41, 5.74) is 4.76. The Bertz CT molecular complexity index is 812. The molecule has 0 spiro atoms. The van der Waals surface area contributed by atoms with Crippen molar-refractivity contribution in [1.29, 1.82) is 0 Å². The predicted octanol–water partition coefficient (Wildman–Crippen LogP) is 8.38. The largest absolute Gasteiger partial charge is 0.508 e. The fourth-order valence-corrected chi connectivity index (χ4v) is 5.70. The van der Waals surface area contributed by atoms with Crippen LogP contribution in [-0.4, -0.2) is 6.16 Å². The van der Waals surface area contributed by atoms with Gasteiger partial charge in [0.05, 0.1) is 0 Å². The van der Waals surface area contributed by atoms with Gasteiger partial charge in [0.15, 0.2) is 0 Å². The third-order valence-corrected chi connectivity index (χ3v) is 7.48. The zero-order valence-electron chi connectivity index (χ0n) is 17.2. The maximum absolute atomic E-state index is 12.3. The summed E-state index contributed by atoms with van der Waals surface area (Å²) in [6.45, 7) is 0.515. The van der Waals surface area contributed by atoms with E-state index in [0.717, 1.165) is 20.1 Å². The van der Waals surface area contributed by atoms with Crippen molar-refractivity contribution in [2.45, 2.75) is 76.4 Å². The van der Waals surface area contributed by atoms with Crippen LogP contribution < -0.4 is 0 Å². The first-order chi connectivity index (χ1) is 14.6. The van der Waals surface area contributed by atoms with Gasteiger partial charge in [-0.3, -0.25) is 0 Å². The Morgan fingerprint density at radius 1 is 0.733 bits per heavy atom. The molecule has 3 nitrogen and oxygen atoms in total. The van der Waals surface area contributed by atoms with Crippen LogP contribution in [0.2, 0.25) is 0 Å². The van der Waals surface area contributed by atoms with E-state index < -0.39 is 6.16 Å². The molecule has 0 aliphatic heterocycles. The summed E-state index contributed by atoms with van der Waals surface area (Å²) in [7, 11) is 0. The smallest absolute Gasteiger partial charge is 0.429 e. The zero-order valence-corrected chi connectivity index (χ0v) is 20.3. The molecule has 0 amide bonds. The van der Waals surface area contributed by atoms with Crippen LogP contribution >= 0.6 is 31.9 Å². The molecular weight excluding hydrogens is 508 g/mol. The third-order valence-electron chi connectivity index (χ3n) is 6.50. The minimum Gasteiger partial charge on any atom is -0.429 e. The molecular formula is C25H28Br2O3. The van der Waals surface area contributed by atoms with Crippen molar-refractivity contribution in [3.63, 3.8) is 0 Å². The van der Waals surface area contributed by atoms with E-state index in [9.17, 15) is 4.79 Å². The Hall–Kier alpha value is -1.33. The lowest BCUT2D eigenvalue weighted by Gasteiger charge is -2.17. The number of halogens is 2. The van der Waals surface area contributed by atoms with Gasteiger partial charge in [-0.05, 0) is 84.0 Å². The van der Waals surface area contributed by atoms with Crippen LogP contribution in [0.1, 0.15) is 85.5 Å². The van der Waals surface area contributed by atoms with Gasteiger partial charge in [-0.2, -0.15) is 0 Å². The van der Waals surface area contributed by atoms with E-state index >= 15 is 0 Å². The minimum atomic E-state index is -0.601. The van der Waals surface area contributed by atoms with E-state index in [1.165, 1.54) is 62.5 Å². The maximum atomic E-state index is 12.3. The fraction of sp³-hybridized carbons (Fsp3) is 0.480.